The standard InChI is InChI=1S/C15H20N2O2.ClH/c1-10-8-13(6-7-16-10)15(19)17-14-5-3-4-12(9-14)11(2)18;/h3-5,9-10,13,16H,6-8H2,1-2H3,(H,17,19);1H/t10-,13-;/m0./s1. The van der Waals surface area contributed by atoms with Crippen LogP contribution in [0.5, 0.6) is 0 Å². The van der Waals surface area contributed by atoms with Crippen molar-refractivity contribution in [3.05, 3.63) is 29.8 Å². The van der Waals surface area contributed by atoms with Crippen molar-refractivity contribution in [1.29, 1.82) is 0 Å². The monoisotopic (exact) mass is 296 g/mol. The molecule has 1 fully saturated rings. The van der Waals surface area contributed by atoms with E-state index in [1.165, 1.54) is 6.92 Å². The number of amides is 1. The van der Waals surface area contributed by atoms with E-state index in [-0.39, 0.29) is 30.0 Å². The lowest BCUT2D eigenvalue weighted by Crippen LogP contribution is -2.40. The first-order valence-corrected chi connectivity index (χ1v) is 6.71. The van der Waals surface area contributed by atoms with Crippen LogP contribution in [0, 0.1) is 5.92 Å². The smallest absolute Gasteiger partial charge is 0.227 e. The first kappa shape index (κ1) is 16.7. The summed E-state index contributed by atoms with van der Waals surface area (Å²) >= 11 is 0. The van der Waals surface area contributed by atoms with Crippen molar-refractivity contribution in [3.8, 4) is 0 Å². The molecule has 1 amide bonds. The number of hydrogen-bond donors (Lipinski definition) is 2. The second-order valence-electron chi connectivity index (χ2n) is 5.20. The second-order valence-corrected chi connectivity index (χ2v) is 5.20. The van der Waals surface area contributed by atoms with Crippen LogP contribution in [0.25, 0.3) is 0 Å². The number of carbonyl (C=O) groups excluding carboxylic acids is 2. The summed E-state index contributed by atoms with van der Waals surface area (Å²) in [4.78, 5) is 23.5. The minimum absolute atomic E-state index is 0. The highest BCUT2D eigenvalue weighted by molar-refractivity contribution is 5.97. The molecule has 2 atom stereocenters. The van der Waals surface area contributed by atoms with Gasteiger partial charge in [0.25, 0.3) is 0 Å². The van der Waals surface area contributed by atoms with Gasteiger partial charge in [0.15, 0.2) is 5.78 Å². The summed E-state index contributed by atoms with van der Waals surface area (Å²) in [5.41, 5.74) is 1.32. The number of Topliss-reactive ketones (excluding diaryl/α,β-unsaturated/α-hetero) is 1. The molecule has 0 bridgehead atoms. The molecule has 0 aromatic heterocycles. The summed E-state index contributed by atoms with van der Waals surface area (Å²) in [5, 5.41) is 6.24. The maximum Gasteiger partial charge on any atom is 0.227 e. The van der Waals surface area contributed by atoms with E-state index in [1.54, 1.807) is 18.2 Å². The number of ketones is 1. The fourth-order valence-corrected chi connectivity index (χ4v) is 2.43. The van der Waals surface area contributed by atoms with Gasteiger partial charge in [-0.25, -0.2) is 0 Å². The number of anilines is 1. The van der Waals surface area contributed by atoms with E-state index in [0.717, 1.165) is 19.4 Å². The Bertz CT molecular complexity index is 491. The van der Waals surface area contributed by atoms with Crippen LogP contribution >= 0.6 is 12.4 Å². The molecule has 1 saturated heterocycles. The highest BCUT2D eigenvalue weighted by Crippen LogP contribution is 2.19. The van der Waals surface area contributed by atoms with E-state index in [4.69, 9.17) is 0 Å². The molecular formula is C15H21ClN2O2. The van der Waals surface area contributed by atoms with Gasteiger partial charge in [0.05, 0.1) is 0 Å². The SMILES string of the molecule is CC(=O)c1cccc(NC(=O)[C@H]2CCN[C@@H](C)C2)c1.Cl. The number of rotatable bonds is 3. The van der Waals surface area contributed by atoms with E-state index in [9.17, 15) is 9.59 Å². The lowest BCUT2D eigenvalue weighted by molar-refractivity contribution is -0.120. The molecule has 1 aromatic carbocycles. The molecule has 2 N–H and O–H groups in total. The van der Waals surface area contributed by atoms with Gasteiger partial charge in [0.2, 0.25) is 5.91 Å². The van der Waals surface area contributed by atoms with Crippen LogP contribution in [0.4, 0.5) is 5.69 Å². The van der Waals surface area contributed by atoms with E-state index < -0.39 is 0 Å². The van der Waals surface area contributed by atoms with Crippen LogP contribution in [0.1, 0.15) is 37.0 Å². The van der Waals surface area contributed by atoms with Crippen LogP contribution in [-0.2, 0) is 4.79 Å². The van der Waals surface area contributed by atoms with Crippen LogP contribution in [0.3, 0.4) is 0 Å². The molecule has 0 spiro atoms. The van der Waals surface area contributed by atoms with Crippen LogP contribution in [0.15, 0.2) is 24.3 Å². The van der Waals surface area contributed by atoms with Gasteiger partial charge < -0.3 is 10.6 Å². The number of piperidine rings is 1. The maximum atomic E-state index is 12.2. The molecule has 1 aromatic rings. The summed E-state index contributed by atoms with van der Waals surface area (Å²) in [6, 6.07) is 7.47. The van der Waals surface area contributed by atoms with Gasteiger partial charge in [-0.3, -0.25) is 9.59 Å². The minimum atomic E-state index is 0. The summed E-state index contributed by atoms with van der Waals surface area (Å²) in [5.74, 6) is 0.109. The van der Waals surface area contributed by atoms with Crippen molar-refractivity contribution in [1.82, 2.24) is 5.32 Å². The lowest BCUT2D eigenvalue weighted by Gasteiger charge is -2.27. The second kappa shape index (κ2) is 7.41. The quantitative estimate of drug-likeness (QED) is 0.843. The number of carbonyl (C=O) groups is 2. The Labute approximate surface area is 125 Å². The summed E-state index contributed by atoms with van der Waals surface area (Å²) in [6.45, 7) is 4.50. The Morgan fingerprint density at radius 2 is 2.10 bits per heavy atom. The van der Waals surface area contributed by atoms with Crippen LogP contribution in [-0.4, -0.2) is 24.3 Å². The maximum absolute atomic E-state index is 12.2. The Kier molecular flexibility index (Phi) is 6.17. The summed E-state index contributed by atoms with van der Waals surface area (Å²) in [7, 11) is 0. The molecule has 1 heterocycles. The highest BCUT2D eigenvalue weighted by Gasteiger charge is 2.24. The minimum Gasteiger partial charge on any atom is -0.326 e. The van der Waals surface area contributed by atoms with Gasteiger partial charge in [-0.2, -0.15) is 0 Å². The van der Waals surface area contributed by atoms with Crippen molar-refractivity contribution in [2.75, 3.05) is 11.9 Å². The molecule has 4 nitrogen and oxygen atoms in total. The Morgan fingerprint density at radius 1 is 1.35 bits per heavy atom. The van der Waals surface area contributed by atoms with E-state index in [1.807, 2.05) is 6.07 Å². The molecular weight excluding hydrogens is 276 g/mol. The van der Waals surface area contributed by atoms with Crippen molar-refractivity contribution in [2.24, 2.45) is 5.92 Å². The van der Waals surface area contributed by atoms with Gasteiger partial charge in [-0.05, 0) is 45.4 Å². The third kappa shape index (κ3) is 4.32. The zero-order valence-corrected chi connectivity index (χ0v) is 12.6. The van der Waals surface area contributed by atoms with Crippen molar-refractivity contribution >= 4 is 29.8 Å². The molecule has 2 rings (SSSR count). The van der Waals surface area contributed by atoms with Gasteiger partial charge in [0.1, 0.15) is 0 Å². The molecule has 0 radical (unpaired) electrons. The topological polar surface area (TPSA) is 58.2 Å². The number of hydrogen-bond acceptors (Lipinski definition) is 3. The molecule has 20 heavy (non-hydrogen) atoms. The van der Waals surface area contributed by atoms with Crippen LogP contribution in [0.2, 0.25) is 0 Å². The molecule has 1 aliphatic heterocycles. The fourth-order valence-electron chi connectivity index (χ4n) is 2.43. The lowest BCUT2D eigenvalue weighted by atomic mass is 9.92. The number of nitrogens with one attached hydrogen (secondary N) is 2. The van der Waals surface area contributed by atoms with Gasteiger partial charge >= 0.3 is 0 Å². The predicted octanol–water partition coefficient (Wildman–Crippen LogP) is 2.64. The molecule has 5 heteroatoms. The molecule has 0 aliphatic carbocycles. The predicted molar refractivity (Wildman–Crippen MR) is 82.5 cm³/mol. The van der Waals surface area contributed by atoms with Crippen molar-refractivity contribution < 1.29 is 9.59 Å². The largest absolute Gasteiger partial charge is 0.326 e. The summed E-state index contributed by atoms with van der Waals surface area (Å²) in [6.07, 6.45) is 1.72. The third-order valence-corrected chi connectivity index (χ3v) is 3.53. The average molecular weight is 297 g/mol. The molecule has 0 saturated carbocycles. The van der Waals surface area contributed by atoms with Crippen LogP contribution < -0.4 is 10.6 Å². The van der Waals surface area contributed by atoms with Gasteiger partial charge in [-0.15, -0.1) is 12.4 Å². The zero-order chi connectivity index (χ0) is 13.8. The molecule has 0 unspecified atom stereocenters. The van der Waals surface area contributed by atoms with E-state index in [0.29, 0.717) is 17.3 Å². The van der Waals surface area contributed by atoms with E-state index in [2.05, 4.69) is 17.6 Å². The number of halogens is 1. The highest BCUT2D eigenvalue weighted by atomic mass is 35.5. The molecule has 1 aliphatic rings. The van der Waals surface area contributed by atoms with E-state index >= 15 is 0 Å². The fraction of sp³-hybridized carbons (Fsp3) is 0.467. The summed E-state index contributed by atoms with van der Waals surface area (Å²) < 4.78 is 0. The molecule has 110 valence electrons. The normalized spacial score (nSPS) is 21.7. The van der Waals surface area contributed by atoms with Crippen molar-refractivity contribution in [3.63, 3.8) is 0 Å². The first-order valence-electron chi connectivity index (χ1n) is 6.71. The number of benzene rings is 1. The van der Waals surface area contributed by atoms with Gasteiger partial charge in [0, 0.05) is 23.2 Å². The first-order chi connectivity index (χ1) is 9.06. The average Bonchev–Trinajstić information content (AvgIpc) is 2.39. The Morgan fingerprint density at radius 3 is 2.75 bits per heavy atom. The zero-order valence-electron chi connectivity index (χ0n) is 11.8. The Hall–Kier alpha value is -1.39. The van der Waals surface area contributed by atoms with Crippen molar-refractivity contribution in [2.45, 2.75) is 32.7 Å². The Balaban J connectivity index is 0.00000200. The van der Waals surface area contributed by atoms with Gasteiger partial charge in [-0.1, -0.05) is 12.1 Å². The third-order valence-electron chi connectivity index (χ3n) is 3.53.